The first kappa shape index (κ1) is 38.5. The van der Waals surface area contributed by atoms with E-state index in [1.54, 1.807) is 24.0 Å². The first-order chi connectivity index (χ1) is 23.3. The summed E-state index contributed by atoms with van der Waals surface area (Å²) in [5, 5.41) is 15.4. The number of aliphatic hydroxyl groups is 1. The normalized spacial score (nSPS) is 22.5. The molecule has 1 aliphatic heterocycles. The lowest BCUT2D eigenvalue weighted by Crippen LogP contribution is -2.47. The number of nitrogens with one attached hydrogen (secondary N) is 2. The molecule has 272 valence electrons. The van der Waals surface area contributed by atoms with Gasteiger partial charge in [-0.25, -0.2) is 4.79 Å². The molecule has 3 N–H and O–H groups in total. The lowest BCUT2D eigenvalue weighted by molar-refractivity contribution is -0.137. The SMILES string of the molecule is C[C@@H]1CCCCO[C@@H](CN(C)CC2CCCCC2)[C@@H](C)CN([C@@H](C)CO)C(=O)c2cc(NC(=O)Nc3ccc(C(F)(F)F)cc3)ccc2O1. The number of likely N-dealkylation sites (N-methyl/N-ethyl adjacent to an activating group) is 1. The van der Waals surface area contributed by atoms with Gasteiger partial charge in [-0.1, -0.05) is 26.2 Å². The maximum atomic E-state index is 14.4. The van der Waals surface area contributed by atoms with Crippen molar-refractivity contribution in [1.29, 1.82) is 0 Å². The summed E-state index contributed by atoms with van der Waals surface area (Å²) in [6, 6.07) is 7.72. The van der Waals surface area contributed by atoms with E-state index in [-0.39, 0.29) is 41.9 Å². The molecule has 1 aliphatic carbocycles. The Labute approximate surface area is 288 Å². The molecule has 3 amide bonds. The van der Waals surface area contributed by atoms with Crippen LogP contribution in [0.2, 0.25) is 0 Å². The second-order valence-corrected chi connectivity index (χ2v) is 13.9. The number of alkyl halides is 3. The average molecular weight is 691 g/mol. The number of carbonyl (C=O) groups is 2. The maximum absolute atomic E-state index is 14.4. The molecular formula is C37H53F3N4O5. The molecule has 1 fully saturated rings. The predicted octanol–water partition coefficient (Wildman–Crippen LogP) is 7.66. The van der Waals surface area contributed by atoms with Crippen LogP contribution in [0.15, 0.2) is 42.5 Å². The molecule has 1 heterocycles. The van der Waals surface area contributed by atoms with Crippen molar-refractivity contribution >= 4 is 23.3 Å². The van der Waals surface area contributed by atoms with Crippen LogP contribution in [-0.2, 0) is 10.9 Å². The van der Waals surface area contributed by atoms with E-state index in [1.807, 2.05) is 6.92 Å². The van der Waals surface area contributed by atoms with Gasteiger partial charge in [0.05, 0.1) is 36.0 Å². The Bertz CT molecular complexity index is 1350. The summed E-state index contributed by atoms with van der Waals surface area (Å²) < 4.78 is 51.6. The molecule has 0 unspecified atom stereocenters. The minimum Gasteiger partial charge on any atom is -0.490 e. The highest BCUT2D eigenvalue weighted by atomic mass is 19.4. The molecule has 0 spiro atoms. The highest BCUT2D eigenvalue weighted by molar-refractivity contribution is 6.02. The van der Waals surface area contributed by atoms with Crippen molar-refractivity contribution in [1.82, 2.24) is 9.80 Å². The number of anilines is 2. The number of carbonyl (C=O) groups excluding carboxylic acids is 2. The molecule has 0 bridgehead atoms. The fourth-order valence-corrected chi connectivity index (χ4v) is 6.69. The molecule has 0 aromatic heterocycles. The summed E-state index contributed by atoms with van der Waals surface area (Å²) in [5.41, 5.74) is -0.118. The van der Waals surface area contributed by atoms with Gasteiger partial charge in [0.2, 0.25) is 0 Å². The molecule has 2 aliphatic rings. The molecule has 2 aromatic rings. The van der Waals surface area contributed by atoms with Gasteiger partial charge >= 0.3 is 12.2 Å². The van der Waals surface area contributed by atoms with Crippen LogP contribution in [0.25, 0.3) is 0 Å². The van der Waals surface area contributed by atoms with E-state index >= 15 is 0 Å². The summed E-state index contributed by atoms with van der Waals surface area (Å²) in [6.45, 7) is 8.29. The van der Waals surface area contributed by atoms with Crippen molar-refractivity contribution < 1.29 is 37.3 Å². The number of nitrogens with zero attached hydrogens (tertiary/aromatic N) is 2. The first-order valence-electron chi connectivity index (χ1n) is 17.6. The van der Waals surface area contributed by atoms with E-state index in [0.29, 0.717) is 30.5 Å². The van der Waals surface area contributed by atoms with Gasteiger partial charge in [0, 0.05) is 43.5 Å². The van der Waals surface area contributed by atoms with Crippen molar-refractivity contribution in [2.45, 2.75) is 96.6 Å². The number of amides is 3. The third-order valence-electron chi connectivity index (χ3n) is 9.57. The molecular weight excluding hydrogens is 637 g/mol. The van der Waals surface area contributed by atoms with Crippen molar-refractivity contribution in [2.75, 3.05) is 50.5 Å². The summed E-state index contributed by atoms with van der Waals surface area (Å²) in [6.07, 6.45) is 4.13. The van der Waals surface area contributed by atoms with Gasteiger partial charge in [-0.15, -0.1) is 0 Å². The molecule has 1 saturated carbocycles. The van der Waals surface area contributed by atoms with Crippen LogP contribution in [0.1, 0.15) is 88.1 Å². The van der Waals surface area contributed by atoms with Gasteiger partial charge in [-0.3, -0.25) is 4.79 Å². The van der Waals surface area contributed by atoms with Gasteiger partial charge in [-0.05, 0) is 101 Å². The Morgan fingerprint density at radius 1 is 0.980 bits per heavy atom. The number of aliphatic hydroxyl groups excluding tert-OH is 1. The lowest BCUT2D eigenvalue weighted by atomic mass is 9.89. The fraction of sp³-hybridized carbons (Fsp3) is 0.622. The van der Waals surface area contributed by atoms with Crippen LogP contribution >= 0.6 is 0 Å². The number of hydrogen-bond acceptors (Lipinski definition) is 6. The highest BCUT2D eigenvalue weighted by Gasteiger charge is 2.32. The van der Waals surface area contributed by atoms with Crippen molar-refractivity contribution in [2.24, 2.45) is 11.8 Å². The van der Waals surface area contributed by atoms with Gasteiger partial charge in [-0.2, -0.15) is 13.2 Å². The van der Waals surface area contributed by atoms with Gasteiger partial charge in [0.25, 0.3) is 5.91 Å². The summed E-state index contributed by atoms with van der Waals surface area (Å²) in [7, 11) is 2.15. The molecule has 4 atom stereocenters. The van der Waals surface area contributed by atoms with Crippen molar-refractivity contribution in [3.05, 3.63) is 53.6 Å². The van der Waals surface area contributed by atoms with Crippen LogP contribution in [0.3, 0.4) is 0 Å². The highest BCUT2D eigenvalue weighted by Crippen LogP contribution is 2.31. The Hall–Kier alpha value is -3.35. The zero-order chi connectivity index (χ0) is 35.6. The van der Waals surface area contributed by atoms with Gasteiger partial charge < -0.3 is 35.0 Å². The average Bonchev–Trinajstić information content (AvgIpc) is 3.06. The Balaban J connectivity index is 1.55. The number of benzene rings is 2. The molecule has 12 heteroatoms. The van der Waals surface area contributed by atoms with Crippen LogP contribution in [0.5, 0.6) is 5.75 Å². The second-order valence-electron chi connectivity index (χ2n) is 13.9. The van der Waals surface area contributed by atoms with Crippen LogP contribution in [-0.4, -0.2) is 85.0 Å². The van der Waals surface area contributed by atoms with E-state index in [9.17, 15) is 27.9 Å². The number of urea groups is 1. The minimum absolute atomic E-state index is 0.0474. The largest absolute Gasteiger partial charge is 0.490 e. The topological polar surface area (TPSA) is 103 Å². The standard InChI is InChI=1S/C37H53F3N4O5/c1-25-21-44(26(2)24-45)35(46)32-20-31(42-36(47)41-30-15-13-29(14-16-30)37(38,39)40)17-18-33(32)49-27(3)10-8-9-19-48-34(25)23-43(4)22-28-11-6-5-7-12-28/h13-18,20,25-28,34,45H,5-12,19,21-24H2,1-4H3,(H2,41,42,47)/t25-,26-,27+,34-/m0/s1. The zero-order valence-electron chi connectivity index (χ0n) is 29.2. The van der Waals surface area contributed by atoms with E-state index in [0.717, 1.165) is 44.5 Å². The van der Waals surface area contributed by atoms with Crippen LogP contribution < -0.4 is 15.4 Å². The maximum Gasteiger partial charge on any atom is 0.416 e. The van der Waals surface area contributed by atoms with E-state index in [2.05, 4.69) is 29.5 Å². The molecule has 9 nitrogen and oxygen atoms in total. The van der Waals surface area contributed by atoms with Crippen LogP contribution in [0, 0.1) is 11.8 Å². The van der Waals surface area contributed by atoms with Crippen molar-refractivity contribution in [3.8, 4) is 5.75 Å². The van der Waals surface area contributed by atoms with E-state index in [1.165, 1.54) is 50.3 Å². The van der Waals surface area contributed by atoms with Crippen molar-refractivity contribution in [3.63, 3.8) is 0 Å². The minimum atomic E-state index is -4.49. The first-order valence-corrected chi connectivity index (χ1v) is 17.6. The molecule has 0 radical (unpaired) electrons. The number of fused-ring (bicyclic) bond motifs is 1. The molecule has 2 aromatic carbocycles. The van der Waals surface area contributed by atoms with E-state index < -0.39 is 23.8 Å². The summed E-state index contributed by atoms with van der Waals surface area (Å²) in [4.78, 5) is 31.2. The third kappa shape index (κ3) is 11.6. The smallest absolute Gasteiger partial charge is 0.416 e. The fourth-order valence-electron chi connectivity index (χ4n) is 6.69. The molecule has 4 rings (SSSR count). The van der Waals surface area contributed by atoms with E-state index in [4.69, 9.17) is 9.47 Å². The monoisotopic (exact) mass is 690 g/mol. The van der Waals surface area contributed by atoms with Gasteiger partial charge in [0.1, 0.15) is 5.75 Å². The Morgan fingerprint density at radius 2 is 1.63 bits per heavy atom. The third-order valence-corrected chi connectivity index (χ3v) is 9.57. The number of rotatable bonds is 8. The summed E-state index contributed by atoms with van der Waals surface area (Å²) in [5.74, 6) is 0.659. The Morgan fingerprint density at radius 3 is 2.31 bits per heavy atom. The number of hydrogen-bond donors (Lipinski definition) is 3. The second kappa shape index (κ2) is 18.1. The summed E-state index contributed by atoms with van der Waals surface area (Å²) >= 11 is 0. The quantitative estimate of drug-likeness (QED) is 0.263. The van der Waals surface area contributed by atoms with Crippen LogP contribution in [0.4, 0.5) is 29.3 Å². The number of halogens is 3. The number of ether oxygens (including phenoxy) is 2. The molecule has 49 heavy (non-hydrogen) atoms. The zero-order valence-corrected chi connectivity index (χ0v) is 29.2. The molecule has 0 saturated heterocycles. The Kier molecular flexibility index (Phi) is 14.2. The van der Waals surface area contributed by atoms with Gasteiger partial charge in [0.15, 0.2) is 0 Å². The lowest BCUT2D eigenvalue weighted by Gasteiger charge is -2.36. The predicted molar refractivity (Wildman–Crippen MR) is 185 cm³/mol.